The number of alkyl halides is 4. The van der Waals surface area contributed by atoms with Crippen LogP contribution in [0, 0.1) is 0 Å². The SMILES string of the molecule is COC(F)(F)C(F)(F)C(=O)ON. The molecule has 0 aromatic heterocycles. The van der Waals surface area contributed by atoms with Crippen LogP contribution in [-0.2, 0) is 14.4 Å². The summed E-state index contributed by atoms with van der Waals surface area (Å²) in [4.78, 5) is 12.9. The standard InChI is InChI=1S/C4H5F4NO3/c1-11-4(7,8)3(5,6)2(10)12-9/h9H2,1H3. The summed E-state index contributed by atoms with van der Waals surface area (Å²) >= 11 is 0. The number of rotatable bonds is 3. The molecule has 72 valence electrons. The van der Waals surface area contributed by atoms with Crippen molar-refractivity contribution in [1.82, 2.24) is 0 Å². The third-order valence-electron chi connectivity index (χ3n) is 0.985. The summed E-state index contributed by atoms with van der Waals surface area (Å²) in [6.45, 7) is 0. The van der Waals surface area contributed by atoms with E-state index in [1.54, 1.807) is 0 Å². The van der Waals surface area contributed by atoms with Crippen molar-refractivity contribution in [3.63, 3.8) is 0 Å². The molecule has 12 heavy (non-hydrogen) atoms. The molecule has 0 aromatic carbocycles. The maximum absolute atomic E-state index is 12.2. The minimum atomic E-state index is -5.09. The number of halogens is 4. The summed E-state index contributed by atoms with van der Waals surface area (Å²) in [5, 5.41) is 0. The molecule has 0 aliphatic carbocycles. The van der Waals surface area contributed by atoms with Crippen molar-refractivity contribution >= 4 is 5.97 Å². The molecule has 0 bridgehead atoms. The molecule has 8 heteroatoms. The van der Waals surface area contributed by atoms with Crippen LogP contribution in [0.2, 0.25) is 0 Å². The molecular weight excluding hydrogens is 186 g/mol. The van der Waals surface area contributed by atoms with Crippen LogP contribution < -0.4 is 5.90 Å². The first-order valence-electron chi connectivity index (χ1n) is 2.51. The zero-order valence-electron chi connectivity index (χ0n) is 5.81. The van der Waals surface area contributed by atoms with Crippen LogP contribution in [0.3, 0.4) is 0 Å². The van der Waals surface area contributed by atoms with E-state index >= 15 is 0 Å². The van der Waals surface area contributed by atoms with Crippen LogP contribution in [-0.4, -0.2) is 25.1 Å². The second kappa shape index (κ2) is 3.23. The molecule has 0 rings (SSSR count). The van der Waals surface area contributed by atoms with Crippen molar-refractivity contribution in [2.24, 2.45) is 5.90 Å². The first-order chi connectivity index (χ1) is 5.29. The molecule has 0 amide bonds. The molecule has 0 aromatic rings. The molecule has 0 aliphatic heterocycles. The van der Waals surface area contributed by atoms with Gasteiger partial charge in [-0.25, -0.2) is 4.79 Å². The molecule has 0 radical (unpaired) electrons. The Kier molecular flexibility index (Phi) is 2.99. The number of hydrogen-bond acceptors (Lipinski definition) is 4. The molecule has 2 N–H and O–H groups in total. The first kappa shape index (κ1) is 11.1. The van der Waals surface area contributed by atoms with Gasteiger partial charge in [-0.15, -0.1) is 0 Å². The van der Waals surface area contributed by atoms with E-state index < -0.39 is 18.0 Å². The lowest BCUT2D eigenvalue weighted by Crippen LogP contribution is -2.49. The number of carbonyl (C=O) groups excluding carboxylic acids is 1. The fourth-order valence-electron chi connectivity index (χ4n) is 0.321. The summed E-state index contributed by atoms with van der Waals surface area (Å²) in [7, 11) is 0.317. The van der Waals surface area contributed by atoms with Crippen molar-refractivity contribution in [1.29, 1.82) is 0 Å². The lowest BCUT2D eigenvalue weighted by Gasteiger charge is -2.21. The number of carbonyl (C=O) groups is 1. The van der Waals surface area contributed by atoms with Crippen LogP contribution in [0.1, 0.15) is 0 Å². The second-order valence-corrected chi connectivity index (χ2v) is 1.70. The highest BCUT2D eigenvalue weighted by Crippen LogP contribution is 2.35. The average molecular weight is 191 g/mol. The Morgan fingerprint density at radius 2 is 1.75 bits per heavy atom. The summed E-state index contributed by atoms with van der Waals surface area (Å²) in [5.41, 5.74) is 0. The molecule has 4 nitrogen and oxygen atoms in total. The van der Waals surface area contributed by atoms with Gasteiger partial charge in [0.15, 0.2) is 0 Å². The maximum atomic E-state index is 12.2. The maximum Gasteiger partial charge on any atom is 0.433 e. The van der Waals surface area contributed by atoms with Gasteiger partial charge >= 0.3 is 18.0 Å². The van der Waals surface area contributed by atoms with Gasteiger partial charge in [0, 0.05) is 7.11 Å². The minimum Gasteiger partial charge on any atom is -0.369 e. The Hall–Kier alpha value is -0.890. The topological polar surface area (TPSA) is 61.5 Å². The van der Waals surface area contributed by atoms with Gasteiger partial charge in [0.05, 0.1) is 0 Å². The van der Waals surface area contributed by atoms with Gasteiger partial charge in [0.2, 0.25) is 0 Å². The van der Waals surface area contributed by atoms with Crippen molar-refractivity contribution < 1.29 is 31.9 Å². The van der Waals surface area contributed by atoms with E-state index in [0.29, 0.717) is 7.11 Å². The van der Waals surface area contributed by atoms with Crippen molar-refractivity contribution in [3.8, 4) is 0 Å². The van der Waals surface area contributed by atoms with Crippen molar-refractivity contribution in [2.45, 2.75) is 12.0 Å². The van der Waals surface area contributed by atoms with E-state index in [2.05, 4.69) is 15.5 Å². The lowest BCUT2D eigenvalue weighted by atomic mass is 10.3. The predicted molar refractivity (Wildman–Crippen MR) is 27.2 cm³/mol. The Labute approximate surface area is 64.2 Å². The van der Waals surface area contributed by atoms with E-state index in [-0.39, 0.29) is 0 Å². The Morgan fingerprint density at radius 3 is 2.00 bits per heavy atom. The van der Waals surface area contributed by atoms with Crippen LogP contribution >= 0.6 is 0 Å². The van der Waals surface area contributed by atoms with E-state index in [0.717, 1.165) is 0 Å². The lowest BCUT2D eigenvalue weighted by molar-refractivity contribution is -0.330. The second-order valence-electron chi connectivity index (χ2n) is 1.70. The normalized spacial score (nSPS) is 12.8. The minimum absolute atomic E-state index is 0.317. The monoisotopic (exact) mass is 191 g/mol. The average Bonchev–Trinajstić information content (AvgIpc) is 2.02. The van der Waals surface area contributed by atoms with Gasteiger partial charge in [-0.2, -0.15) is 23.5 Å². The fourth-order valence-corrected chi connectivity index (χ4v) is 0.321. The van der Waals surface area contributed by atoms with E-state index in [4.69, 9.17) is 0 Å². The molecule has 0 fully saturated rings. The van der Waals surface area contributed by atoms with E-state index in [9.17, 15) is 22.4 Å². The van der Waals surface area contributed by atoms with E-state index in [1.165, 1.54) is 0 Å². The first-order valence-corrected chi connectivity index (χ1v) is 2.51. The molecule has 0 aliphatic rings. The zero-order valence-corrected chi connectivity index (χ0v) is 5.81. The molecular formula is C4H5F4NO3. The Bertz CT molecular complexity index is 183. The van der Waals surface area contributed by atoms with Crippen LogP contribution in [0.15, 0.2) is 0 Å². The number of hydrogen-bond donors (Lipinski definition) is 1. The summed E-state index contributed by atoms with van der Waals surface area (Å²) in [6.07, 6.45) is -4.93. The van der Waals surface area contributed by atoms with Gasteiger partial charge in [-0.05, 0) is 0 Å². The third-order valence-corrected chi connectivity index (χ3v) is 0.985. The summed E-state index contributed by atoms with van der Waals surface area (Å²) < 4.78 is 51.5. The van der Waals surface area contributed by atoms with Crippen LogP contribution in [0.4, 0.5) is 17.6 Å². The van der Waals surface area contributed by atoms with Crippen molar-refractivity contribution in [2.75, 3.05) is 7.11 Å². The molecule has 0 spiro atoms. The number of ether oxygens (including phenoxy) is 1. The molecule has 0 saturated carbocycles. The van der Waals surface area contributed by atoms with Gasteiger partial charge < -0.3 is 9.57 Å². The summed E-state index contributed by atoms with van der Waals surface area (Å²) in [5.74, 6) is -3.66. The Balaban J connectivity index is 4.71. The molecule has 0 atom stereocenters. The predicted octanol–water partition coefficient (Wildman–Crippen LogP) is 0.278. The van der Waals surface area contributed by atoms with Crippen LogP contribution in [0.25, 0.3) is 0 Å². The van der Waals surface area contributed by atoms with Gasteiger partial charge in [0.25, 0.3) is 0 Å². The number of methoxy groups -OCH3 is 1. The number of nitrogens with two attached hydrogens (primary N) is 1. The van der Waals surface area contributed by atoms with Gasteiger partial charge in [-0.3, -0.25) is 0 Å². The third kappa shape index (κ3) is 1.64. The molecule has 0 heterocycles. The van der Waals surface area contributed by atoms with Crippen molar-refractivity contribution in [3.05, 3.63) is 0 Å². The highest BCUT2D eigenvalue weighted by atomic mass is 19.3. The molecule has 0 unspecified atom stereocenters. The largest absolute Gasteiger partial charge is 0.433 e. The van der Waals surface area contributed by atoms with Gasteiger partial charge in [0.1, 0.15) is 0 Å². The van der Waals surface area contributed by atoms with Gasteiger partial charge in [-0.1, -0.05) is 0 Å². The highest BCUT2D eigenvalue weighted by Gasteiger charge is 2.64. The Morgan fingerprint density at radius 1 is 1.33 bits per heavy atom. The zero-order chi connectivity index (χ0) is 9.99. The van der Waals surface area contributed by atoms with Crippen LogP contribution in [0.5, 0.6) is 0 Å². The molecule has 0 saturated heterocycles. The highest BCUT2D eigenvalue weighted by molar-refractivity contribution is 5.78. The smallest absolute Gasteiger partial charge is 0.369 e. The van der Waals surface area contributed by atoms with E-state index in [1.807, 2.05) is 0 Å². The fraction of sp³-hybridized carbons (Fsp3) is 0.750. The quantitative estimate of drug-likeness (QED) is 0.514. The summed E-state index contributed by atoms with van der Waals surface area (Å²) in [6, 6.07) is 0.